The van der Waals surface area contributed by atoms with Gasteiger partial charge in [0.2, 0.25) is 5.91 Å². The molecule has 0 unspecified atom stereocenters. The minimum Gasteiger partial charge on any atom is -0.323 e. The summed E-state index contributed by atoms with van der Waals surface area (Å²) in [5.74, 6) is -1.80. The fourth-order valence-corrected chi connectivity index (χ4v) is 3.29. The van der Waals surface area contributed by atoms with E-state index in [-0.39, 0.29) is 17.5 Å². The van der Waals surface area contributed by atoms with Crippen molar-refractivity contribution in [3.8, 4) is 0 Å². The Morgan fingerprint density at radius 1 is 1.16 bits per heavy atom. The molecule has 0 saturated carbocycles. The molecule has 1 aliphatic heterocycles. The molecule has 1 fully saturated rings. The van der Waals surface area contributed by atoms with Crippen LogP contribution in [-0.4, -0.2) is 23.9 Å². The largest absolute Gasteiger partial charge is 0.323 e. The van der Waals surface area contributed by atoms with Crippen molar-refractivity contribution in [3.63, 3.8) is 0 Å². The molecular formula is C19H19ClF2N2O. The quantitative estimate of drug-likeness (QED) is 0.868. The smallest absolute Gasteiger partial charge is 0.227 e. The number of nitrogens with one attached hydrogen (secondary N) is 1. The van der Waals surface area contributed by atoms with E-state index in [1.54, 1.807) is 0 Å². The molecule has 0 aliphatic carbocycles. The van der Waals surface area contributed by atoms with Crippen molar-refractivity contribution >= 4 is 23.2 Å². The summed E-state index contributed by atoms with van der Waals surface area (Å²) >= 11 is 6.00. The number of carbonyl (C=O) groups is 1. The van der Waals surface area contributed by atoms with Gasteiger partial charge in [-0.25, -0.2) is 8.78 Å². The Balaban J connectivity index is 1.52. The number of carbonyl (C=O) groups excluding carboxylic acids is 1. The molecule has 1 aliphatic rings. The zero-order valence-electron chi connectivity index (χ0n) is 13.6. The number of benzene rings is 2. The standard InChI is InChI=1S/C19H19ClF2N2O/c20-15-3-1-2-13(10-15)12-24-8-6-14(7-9-24)19(25)23-18-5-4-16(21)11-17(18)22/h1-5,10-11,14H,6-9,12H2,(H,23,25). The third-order valence-corrected chi connectivity index (χ3v) is 4.68. The van der Waals surface area contributed by atoms with Crippen LogP contribution in [0.2, 0.25) is 5.02 Å². The number of rotatable bonds is 4. The van der Waals surface area contributed by atoms with Gasteiger partial charge in [0.15, 0.2) is 0 Å². The van der Waals surface area contributed by atoms with Gasteiger partial charge in [0, 0.05) is 23.6 Å². The lowest BCUT2D eigenvalue weighted by Crippen LogP contribution is -2.37. The van der Waals surface area contributed by atoms with Crippen LogP contribution in [0.25, 0.3) is 0 Å². The zero-order chi connectivity index (χ0) is 17.8. The topological polar surface area (TPSA) is 32.3 Å². The molecule has 132 valence electrons. The van der Waals surface area contributed by atoms with Crippen LogP contribution in [0.5, 0.6) is 0 Å². The Bertz CT molecular complexity index is 761. The second-order valence-corrected chi connectivity index (χ2v) is 6.73. The Morgan fingerprint density at radius 3 is 2.60 bits per heavy atom. The maximum absolute atomic E-state index is 13.6. The van der Waals surface area contributed by atoms with Crippen molar-refractivity contribution in [1.82, 2.24) is 4.90 Å². The van der Waals surface area contributed by atoms with Crippen molar-refractivity contribution in [1.29, 1.82) is 0 Å². The van der Waals surface area contributed by atoms with Crippen LogP contribution in [0.4, 0.5) is 14.5 Å². The maximum atomic E-state index is 13.6. The number of nitrogens with zero attached hydrogens (tertiary/aromatic N) is 1. The molecule has 0 bridgehead atoms. The number of anilines is 1. The summed E-state index contributed by atoms with van der Waals surface area (Å²) in [6.07, 6.45) is 1.41. The molecule has 0 atom stereocenters. The number of amides is 1. The summed E-state index contributed by atoms with van der Waals surface area (Å²) in [4.78, 5) is 14.6. The van der Waals surface area contributed by atoms with Crippen LogP contribution in [0, 0.1) is 17.6 Å². The van der Waals surface area contributed by atoms with E-state index in [1.165, 1.54) is 6.07 Å². The molecule has 0 radical (unpaired) electrons. The number of halogens is 3. The highest BCUT2D eigenvalue weighted by atomic mass is 35.5. The third kappa shape index (κ3) is 4.77. The highest BCUT2D eigenvalue weighted by Crippen LogP contribution is 2.23. The average molecular weight is 365 g/mol. The fraction of sp³-hybridized carbons (Fsp3) is 0.316. The van der Waals surface area contributed by atoms with Crippen LogP contribution in [-0.2, 0) is 11.3 Å². The molecule has 1 amide bonds. The van der Waals surface area contributed by atoms with Crippen LogP contribution in [0.1, 0.15) is 18.4 Å². The van der Waals surface area contributed by atoms with Crippen LogP contribution in [0.15, 0.2) is 42.5 Å². The Labute approximate surface area is 150 Å². The van der Waals surface area contributed by atoms with E-state index in [9.17, 15) is 13.6 Å². The highest BCUT2D eigenvalue weighted by Gasteiger charge is 2.25. The number of hydrogen-bond donors (Lipinski definition) is 1. The Hall–Kier alpha value is -1.98. The summed E-state index contributed by atoms with van der Waals surface area (Å²) in [7, 11) is 0. The van der Waals surface area contributed by atoms with Crippen molar-refractivity contribution in [2.24, 2.45) is 5.92 Å². The number of likely N-dealkylation sites (tertiary alicyclic amines) is 1. The van der Waals surface area contributed by atoms with Crippen molar-refractivity contribution in [3.05, 3.63) is 64.7 Å². The fourth-order valence-electron chi connectivity index (χ4n) is 3.07. The lowest BCUT2D eigenvalue weighted by atomic mass is 9.95. The van der Waals surface area contributed by atoms with Crippen molar-refractivity contribution in [2.75, 3.05) is 18.4 Å². The van der Waals surface area contributed by atoms with Gasteiger partial charge in [-0.2, -0.15) is 0 Å². The summed E-state index contributed by atoms with van der Waals surface area (Å²) in [6, 6.07) is 10.9. The van der Waals surface area contributed by atoms with Crippen LogP contribution in [0.3, 0.4) is 0 Å². The molecule has 0 spiro atoms. The van der Waals surface area contributed by atoms with E-state index < -0.39 is 11.6 Å². The summed E-state index contributed by atoms with van der Waals surface area (Å²) in [5.41, 5.74) is 1.16. The maximum Gasteiger partial charge on any atom is 0.227 e. The number of hydrogen-bond acceptors (Lipinski definition) is 2. The van der Waals surface area contributed by atoms with Crippen LogP contribution < -0.4 is 5.32 Å². The molecule has 1 heterocycles. The van der Waals surface area contributed by atoms with E-state index in [1.807, 2.05) is 24.3 Å². The lowest BCUT2D eigenvalue weighted by molar-refractivity contribution is -0.121. The molecule has 1 N–H and O–H groups in total. The molecule has 6 heteroatoms. The summed E-state index contributed by atoms with van der Waals surface area (Å²) in [5, 5.41) is 3.28. The second-order valence-electron chi connectivity index (χ2n) is 6.29. The molecule has 2 aromatic carbocycles. The highest BCUT2D eigenvalue weighted by molar-refractivity contribution is 6.30. The van der Waals surface area contributed by atoms with Gasteiger partial charge >= 0.3 is 0 Å². The summed E-state index contributed by atoms with van der Waals surface area (Å²) in [6.45, 7) is 2.37. The molecule has 1 saturated heterocycles. The van der Waals surface area contributed by atoms with Gasteiger partial charge in [0.1, 0.15) is 11.6 Å². The average Bonchev–Trinajstić information content (AvgIpc) is 2.58. The van der Waals surface area contributed by atoms with E-state index in [0.717, 1.165) is 37.3 Å². The molecule has 3 rings (SSSR count). The first-order valence-electron chi connectivity index (χ1n) is 8.24. The molecule has 2 aromatic rings. The van der Waals surface area contributed by atoms with Gasteiger partial charge in [0.25, 0.3) is 0 Å². The number of piperidine rings is 1. The van der Waals surface area contributed by atoms with Crippen molar-refractivity contribution in [2.45, 2.75) is 19.4 Å². The van der Waals surface area contributed by atoms with Gasteiger partial charge in [0.05, 0.1) is 5.69 Å². The zero-order valence-corrected chi connectivity index (χ0v) is 14.4. The lowest BCUT2D eigenvalue weighted by Gasteiger charge is -2.31. The first-order valence-corrected chi connectivity index (χ1v) is 8.62. The van der Waals surface area contributed by atoms with Gasteiger partial charge in [-0.3, -0.25) is 9.69 Å². The van der Waals surface area contributed by atoms with Crippen LogP contribution >= 0.6 is 11.6 Å². The predicted molar refractivity (Wildman–Crippen MR) is 94.4 cm³/mol. The molecule has 25 heavy (non-hydrogen) atoms. The first-order chi connectivity index (χ1) is 12.0. The Morgan fingerprint density at radius 2 is 1.92 bits per heavy atom. The SMILES string of the molecule is O=C(Nc1ccc(F)cc1F)C1CCN(Cc2cccc(Cl)c2)CC1. The monoisotopic (exact) mass is 364 g/mol. The van der Waals surface area contributed by atoms with Gasteiger partial charge in [-0.05, 0) is 55.8 Å². The van der Waals surface area contributed by atoms with Gasteiger partial charge in [-0.15, -0.1) is 0 Å². The van der Waals surface area contributed by atoms with Crippen molar-refractivity contribution < 1.29 is 13.6 Å². The van der Waals surface area contributed by atoms with E-state index >= 15 is 0 Å². The van der Waals surface area contributed by atoms with E-state index in [0.29, 0.717) is 17.9 Å². The predicted octanol–water partition coefficient (Wildman–Crippen LogP) is 4.47. The van der Waals surface area contributed by atoms with Gasteiger partial charge in [-0.1, -0.05) is 23.7 Å². The second kappa shape index (κ2) is 7.93. The minimum absolute atomic E-state index is 0.0211. The van der Waals surface area contributed by atoms with Gasteiger partial charge < -0.3 is 5.32 Å². The minimum atomic E-state index is -0.758. The summed E-state index contributed by atoms with van der Waals surface area (Å²) < 4.78 is 26.6. The van der Waals surface area contributed by atoms with E-state index in [4.69, 9.17) is 11.6 Å². The normalized spacial score (nSPS) is 16.0. The molecular weight excluding hydrogens is 346 g/mol. The van der Waals surface area contributed by atoms with E-state index in [2.05, 4.69) is 10.2 Å². The first kappa shape index (κ1) is 17.8. The Kier molecular flexibility index (Phi) is 5.66. The molecule has 3 nitrogen and oxygen atoms in total. The molecule has 0 aromatic heterocycles. The third-order valence-electron chi connectivity index (χ3n) is 4.44.